The third-order valence-electron chi connectivity index (χ3n) is 2.20. The zero-order chi connectivity index (χ0) is 12.3. The summed E-state index contributed by atoms with van der Waals surface area (Å²) in [7, 11) is -1.91. The Labute approximate surface area is 105 Å². The fourth-order valence-electron chi connectivity index (χ4n) is 1.36. The van der Waals surface area contributed by atoms with E-state index in [2.05, 4.69) is 15.9 Å². The van der Waals surface area contributed by atoms with Crippen molar-refractivity contribution in [2.24, 2.45) is 0 Å². The molecule has 0 saturated heterocycles. The molecule has 0 saturated carbocycles. The van der Waals surface area contributed by atoms with Crippen molar-refractivity contribution >= 4 is 31.6 Å². The van der Waals surface area contributed by atoms with Gasteiger partial charge in [0.25, 0.3) is 0 Å². The first-order valence-electron chi connectivity index (χ1n) is 4.91. The van der Waals surface area contributed by atoms with Gasteiger partial charge in [0.05, 0.1) is 5.69 Å². The zero-order valence-corrected chi connectivity index (χ0v) is 11.7. The molecule has 1 aromatic carbocycles. The van der Waals surface area contributed by atoms with Crippen LogP contribution in [0.15, 0.2) is 27.6 Å². The van der Waals surface area contributed by atoms with Gasteiger partial charge in [-0.3, -0.25) is 0 Å². The Hall–Kier alpha value is -0.590. The maximum Gasteiger partial charge on any atom is 0.244 e. The molecule has 0 aromatic heterocycles. The van der Waals surface area contributed by atoms with Gasteiger partial charge in [-0.1, -0.05) is 22.9 Å². The number of rotatable bonds is 4. The van der Waals surface area contributed by atoms with Crippen LogP contribution >= 0.6 is 15.9 Å². The van der Waals surface area contributed by atoms with Crippen molar-refractivity contribution in [3.8, 4) is 0 Å². The zero-order valence-electron chi connectivity index (χ0n) is 9.27. The lowest BCUT2D eigenvalue weighted by Crippen LogP contribution is -2.28. The van der Waals surface area contributed by atoms with Crippen LogP contribution in [0.25, 0.3) is 0 Å². The Morgan fingerprint density at radius 1 is 1.44 bits per heavy atom. The molecule has 0 aliphatic carbocycles. The number of anilines is 1. The van der Waals surface area contributed by atoms with Gasteiger partial charge in [-0.15, -0.1) is 0 Å². The van der Waals surface area contributed by atoms with Crippen molar-refractivity contribution in [1.29, 1.82) is 0 Å². The number of sulfonamides is 1. The van der Waals surface area contributed by atoms with Crippen molar-refractivity contribution in [3.63, 3.8) is 0 Å². The van der Waals surface area contributed by atoms with Crippen LogP contribution in [0.5, 0.6) is 0 Å². The number of hydrogen-bond donors (Lipinski definition) is 1. The number of nitrogens with two attached hydrogens (primary N) is 1. The molecule has 1 rings (SSSR count). The first kappa shape index (κ1) is 13.5. The van der Waals surface area contributed by atoms with Gasteiger partial charge in [0.2, 0.25) is 10.0 Å². The summed E-state index contributed by atoms with van der Waals surface area (Å²) in [6.07, 6.45) is 0.770. The lowest BCUT2D eigenvalue weighted by atomic mass is 10.3. The third kappa shape index (κ3) is 2.75. The molecule has 6 heteroatoms. The lowest BCUT2D eigenvalue weighted by Gasteiger charge is -2.17. The van der Waals surface area contributed by atoms with Crippen LogP contribution in [-0.4, -0.2) is 26.3 Å². The molecule has 16 heavy (non-hydrogen) atoms. The van der Waals surface area contributed by atoms with Crippen molar-refractivity contribution in [3.05, 3.63) is 22.7 Å². The number of benzene rings is 1. The minimum Gasteiger partial charge on any atom is -0.398 e. The van der Waals surface area contributed by atoms with E-state index < -0.39 is 10.0 Å². The third-order valence-corrected chi connectivity index (χ3v) is 4.62. The Balaban J connectivity index is 3.17. The summed E-state index contributed by atoms with van der Waals surface area (Å²) < 4.78 is 26.2. The summed E-state index contributed by atoms with van der Waals surface area (Å²) in [4.78, 5) is 0.159. The summed E-state index contributed by atoms with van der Waals surface area (Å²) in [6, 6.07) is 4.77. The molecule has 4 nitrogen and oxygen atoms in total. The van der Waals surface area contributed by atoms with E-state index in [4.69, 9.17) is 5.73 Å². The summed E-state index contributed by atoms with van der Waals surface area (Å²) in [5.41, 5.74) is 5.97. The van der Waals surface area contributed by atoms with E-state index in [0.717, 1.165) is 10.9 Å². The monoisotopic (exact) mass is 306 g/mol. The van der Waals surface area contributed by atoms with Gasteiger partial charge in [-0.05, 0) is 24.6 Å². The van der Waals surface area contributed by atoms with Crippen LogP contribution in [-0.2, 0) is 10.0 Å². The van der Waals surface area contributed by atoms with Crippen molar-refractivity contribution in [2.75, 3.05) is 19.3 Å². The second-order valence-corrected chi connectivity index (χ2v) is 6.44. The topological polar surface area (TPSA) is 63.4 Å². The van der Waals surface area contributed by atoms with E-state index in [1.54, 1.807) is 19.2 Å². The standard InChI is InChI=1S/C10H15BrN2O2S/c1-3-6-13(2)16(14,15)10-5-4-8(11)7-9(10)12/h4-5,7H,3,6,12H2,1-2H3. The predicted molar refractivity (Wildman–Crippen MR) is 68.7 cm³/mol. The quantitative estimate of drug-likeness (QED) is 0.866. The largest absolute Gasteiger partial charge is 0.398 e. The summed E-state index contributed by atoms with van der Waals surface area (Å²) in [5, 5.41) is 0. The molecule has 0 bridgehead atoms. The predicted octanol–water partition coefficient (Wildman–Crippen LogP) is 2.06. The number of nitrogen functional groups attached to an aromatic ring is 1. The van der Waals surface area contributed by atoms with E-state index in [-0.39, 0.29) is 10.6 Å². The van der Waals surface area contributed by atoms with Gasteiger partial charge in [0.1, 0.15) is 4.90 Å². The van der Waals surface area contributed by atoms with Gasteiger partial charge in [0.15, 0.2) is 0 Å². The first-order valence-corrected chi connectivity index (χ1v) is 7.14. The molecule has 0 heterocycles. The second-order valence-electron chi connectivity index (χ2n) is 3.51. The molecule has 2 N–H and O–H groups in total. The van der Waals surface area contributed by atoms with Gasteiger partial charge in [-0.2, -0.15) is 0 Å². The average Bonchev–Trinajstić information content (AvgIpc) is 2.17. The molecule has 1 aromatic rings. The SMILES string of the molecule is CCCN(C)S(=O)(=O)c1ccc(Br)cc1N. The van der Waals surface area contributed by atoms with E-state index >= 15 is 0 Å². The molecule has 0 amide bonds. The van der Waals surface area contributed by atoms with Crippen LogP contribution in [0.4, 0.5) is 5.69 Å². The molecule has 0 radical (unpaired) electrons. The van der Waals surface area contributed by atoms with Crippen LogP contribution in [0.2, 0.25) is 0 Å². The smallest absolute Gasteiger partial charge is 0.244 e. The second kappa shape index (κ2) is 5.16. The summed E-state index contributed by atoms with van der Waals surface area (Å²) >= 11 is 3.24. The fourth-order valence-corrected chi connectivity index (χ4v) is 3.09. The molecular weight excluding hydrogens is 292 g/mol. The normalized spacial score (nSPS) is 12.0. The highest BCUT2D eigenvalue weighted by Crippen LogP contribution is 2.25. The Kier molecular flexibility index (Phi) is 4.35. The van der Waals surface area contributed by atoms with E-state index in [1.165, 1.54) is 10.4 Å². The Bertz CT molecular complexity index is 474. The van der Waals surface area contributed by atoms with Crippen LogP contribution in [0.3, 0.4) is 0 Å². The maximum atomic E-state index is 12.1. The average molecular weight is 307 g/mol. The number of hydrogen-bond acceptors (Lipinski definition) is 3. The van der Waals surface area contributed by atoms with Crippen LogP contribution in [0.1, 0.15) is 13.3 Å². The molecule has 0 fully saturated rings. The minimum atomic E-state index is -3.46. The summed E-state index contributed by atoms with van der Waals surface area (Å²) in [5.74, 6) is 0. The van der Waals surface area contributed by atoms with E-state index in [9.17, 15) is 8.42 Å². The lowest BCUT2D eigenvalue weighted by molar-refractivity contribution is 0.469. The highest BCUT2D eigenvalue weighted by molar-refractivity contribution is 9.10. The van der Waals surface area contributed by atoms with Crippen LogP contribution in [0, 0.1) is 0 Å². The molecule has 0 atom stereocenters. The molecule has 0 unspecified atom stereocenters. The molecule has 0 spiro atoms. The molecule has 0 aliphatic rings. The van der Waals surface area contributed by atoms with Gasteiger partial charge >= 0.3 is 0 Å². The minimum absolute atomic E-state index is 0.159. The molecular formula is C10H15BrN2O2S. The Morgan fingerprint density at radius 2 is 2.06 bits per heavy atom. The molecule has 90 valence electrons. The highest BCUT2D eigenvalue weighted by atomic mass is 79.9. The van der Waals surface area contributed by atoms with Gasteiger partial charge in [0, 0.05) is 18.1 Å². The van der Waals surface area contributed by atoms with Gasteiger partial charge in [-0.25, -0.2) is 12.7 Å². The molecule has 0 aliphatic heterocycles. The maximum absolute atomic E-state index is 12.1. The van der Waals surface area contributed by atoms with Crippen molar-refractivity contribution in [2.45, 2.75) is 18.2 Å². The van der Waals surface area contributed by atoms with Crippen molar-refractivity contribution in [1.82, 2.24) is 4.31 Å². The van der Waals surface area contributed by atoms with E-state index in [0.29, 0.717) is 6.54 Å². The van der Waals surface area contributed by atoms with Crippen molar-refractivity contribution < 1.29 is 8.42 Å². The summed E-state index contributed by atoms with van der Waals surface area (Å²) in [6.45, 7) is 2.41. The fraction of sp³-hybridized carbons (Fsp3) is 0.400. The van der Waals surface area contributed by atoms with Crippen LogP contribution < -0.4 is 5.73 Å². The Morgan fingerprint density at radius 3 is 2.56 bits per heavy atom. The first-order chi connectivity index (χ1) is 7.39. The van der Waals surface area contributed by atoms with E-state index in [1.807, 2.05) is 6.92 Å². The number of halogens is 1. The highest BCUT2D eigenvalue weighted by Gasteiger charge is 2.22. The van der Waals surface area contributed by atoms with Gasteiger partial charge < -0.3 is 5.73 Å². The number of nitrogens with zero attached hydrogens (tertiary/aromatic N) is 1.